The molecule has 1 aliphatic rings. The van der Waals surface area contributed by atoms with E-state index in [0.29, 0.717) is 0 Å². The molecule has 2 aromatic carbocycles. The van der Waals surface area contributed by atoms with Gasteiger partial charge in [-0.2, -0.15) is 8.42 Å². The van der Waals surface area contributed by atoms with Gasteiger partial charge in [-0.05, 0) is 23.3 Å². The van der Waals surface area contributed by atoms with E-state index in [0.717, 1.165) is 23.4 Å². The summed E-state index contributed by atoms with van der Waals surface area (Å²) in [5.41, 5.74) is 2.80. The molecule has 1 aliphatic heterocycles. The first kappa shape index (κ1) is 16.7. The Hall–Kier alpha value is -2.11. The Morgan fingerprint density at radius 3 is 2.21 bits per heavy atom. The minimum atomic E-state index is -3.77. The van der Waals surface area contributed by atoms with Crippen molar-refractivity contribution in [3.63, 3.8) is 0 Å². The first-order valence-electron chi connectivity index (χ1n) is 7.87. The highest BCUT2D eigenvalue weighted by Crippen LogP contribution is 2.37. The van der Waals surface area contributed by atoms with Crippen LogP contribution in [0.2, 0.25) is 0 Å². The SMILES string of the molecule is CC1(C)CNC(c2ccccc2)=C1COS(=O)(=O)c1ccccc1. The van der Waals surface area contributed by atoms with E-state index >= 15 is 0 Å². The first-order chi connectivity index (χ1) is 11.4. The lowest BCUT2D eigenvalue weighted by molar-refractivity contribution is 0.316. The van der Waals surface area contributed by atoms with E-state index in [1.165, 1.54) is 0 Å². The maximum atomic E-state index is 12.4. The fraction of sp³-hybridized carbons (Fsp3) is 0.263. The summed E-state index contributed by atoms with van der Waals surface area (Å²) in [6.07, 6.45) is 0. The minimum absolute atomic E-state index is 0.0431. The molecular weight excluding hydrogens is 322 g/mol. The van der Waals surface area contributed by atoms with Crippen molar-refractivity contribution in [1.29, 1.82) is 0 Å². The summed E-state index contributed by atoms with van der Waals surface area (Å²) in [5, 5.41) is 3.39. The Morgan fingerprint density at radius 1 is 1.00 bits per heavy atom. The molecule has 0 radical (unpaired) electrons. The van der Waals surface area contributed by atoms with Crippen LogP contribution < -0.4 is 5.32 Å². The predicted octanol–water partition coefficient (Wildman–Crippen LogP) is 3.43. The van der Waals surface area contributed by atoms with Gasteiger partial charge in [0.1, 0.15) is 0 Å². The van der Waals surface area contributed by atoms with E-state index in [1.807, 2.05) is 30.3 Å². The summed E-state index contributed by atoms with van der Waals surface area (Å²) in [5.74, 6) is 0. The van der Waals surface area contributed by atoms with Crippen LogP contribution in [0, 0.1) is 5.41 Å². The third-order valence-electron chi connectivity index (χ3n) is 4.28. The van der Waals surface area contributed by atoms with Crippen molar-refractivity contribution in [2.24, 2.45) is 5.41 Å². The molecule has 0 aromatic heterocycles. The monoisotopic (exact) mass is 343 g/mol. The molecule has 5 heteroatoms. The van der Waals surface area contributed by atoms with Crippen LogP contribution in [0.1, 0.15) is 19.4 Å². The number of rotatable bonds is 5. The van der Waals surface area contributed by atoms with Gasteiger partial charge in [0.2, 0.25) is 0 Å². The normalized spacial score (nSPS) is 16.9. The maximum absolute atomic E-state index is 12.4. The molecule has 1 heterocycles. The number of benzene rings is 2. The molecule has 0 amide bonds. The number of hydrogen-bond acceptors (Lipinski definition) is 4. The molecule has 0 saturated carbocycles. The molecule has 0 bridgehead atoms. The van der Waals surface area contributed by atoms with Crippen LogP contribution in [0.15, 0.2) is 71.1 Å². The van der Waals surface area contributed by atoms with Crippen molar-refractivity contribution in [3.05, 3.63) is 71.8 Å². The molecule has 0 unspecified atom stereocenters. The van der Waals surface area contributed by atoms with Crippen molar-refractivity contribution in [3.8, 4) is 0 Å². The van der Waals surface area contributed by atoms with E-state index < -0.39 is 10.1 Å². The second-order valence-corrected chi connectivity index (χ2v) is 8.10. The summed E-state index contributed by atoms with van der Waals surface area (Å²) in [6, 6.07) is 18.1. The van der Waals surface area contributed by atoms with Gasteiger partial charge in [-0.15, -0.1) is 0 Å². The van der Waals surface area contributed by atoms with Crippen LogP contribution in [-0.4, -0.2) is 21.6 Å². The van der Waals surface area contributed by atoms with Gasteiger partial charge in [-0.25, -0.2) is 0 Å². The van der Waals surface area contributed by atoms with Gasteiger partial charge in [-0.3, -0.25) is 4.18 Å². The Bertz CT molecular complexity index is 841. The lowest BCUT2D eigenvalue weighted by Crippen LogP contribution is -2.22. The van der Waals surface area contributed by atoms with Crippen molar-refractivity contribution in [2.45, 2.75) is 18.7 Å². The topological polar surface area (TPSA) is 55.4 Å². The highest BCUT2D eigenvalue weighted by molar-refractivity contribution is 7.86. The average molecular weight is 343 g/mol. The molecule has 126 valence electrons. The number of hydrogen-bond donors (Lipinski definition) is 1. The van der Waals surface area contributed by atoms with Gasteiger partial charge < -0.3 is 5.32 Å². The van der Waals surface area contributed by atoms with Gasteiger partial charge in [0.05, 0.1) is 11.5 Å². The van der Waals surface area contributed by atoms with E-state index in [4.69, 9.17) is 4.18 Å². The van der Waals surface area contributed by atoms with Crippen LogP contribution in [-0.2, 0) is 14.3 Å². The van der Waals surface area contributed by atoms with Crippen LogP contribution in [0.5, 0.6) is 0 Å². The van der Waals surface area contributed by atoms with E-state index in [-0.39, 0.29) is 16.9 Å². The summed E-state index contributed by atoms with van der Waals surface area (Å²) in [4.78, 5) is 0.177. The van der Waals surface area contributed by atoms with E-state index in [2.05, 4.69) is 19.2 Å². The molecule has 2 aromatic rings. The molecule has 0 aliphatic carbocycles. The second kappa shape index (κ2) is 6.42. The summed E-state index contributed by atoms with van der Waals surface area (Å²) < 4.78 is 30.1. The average Bonchev–Trinajstić information content (AvgIpc) is 2.89. The molecule has 0 atom stereocenters. The minimum Gasteiger partial charge on any atom is -0.384 e. The van der Waals surface area contributed by atoms with Gasteiger partial charge in [0.15, 0.2) is 0 Å². The van der Waals surface area contributed by atoms with E-state index in [1.54, 1.807) is 30.3 Å². The first-order valence-corrected chi connectivity index (χ1v) is 9.28. The largest absolute Gasteiger partial charge is 0.384 e. The summed E-state index contributed by atoms with van der Waals surface area (Å²) in [6.45, 7) is 4.97. The van der Waals surface area contributed by atoms with Crippen molar-refractivity contribution in [2.75, 3.05) is 13.2 Å². The predicted molar refractivity (Wildman–Crippen MR) is 94.7 cm³/mol. The fourth-order valence-corrected chi connectivity index (χ4v) is 3.70. The second-order valence-electron chi connectivity index (χ2n) is 6.49. The highest BCUT2D eigenvalue weighted by Gasteiger charge is 2.34. The van der Waals surface area contributed by atoms with Gasteiger partial charge >= 0.3 is 0 Å². The van der Waals surface area contributed by atoms with E-state index in [9.17, 15) is 8.42 Å². The van der Waals surface area contributed by atoms with Gasteiger partial charge in [-0.1, -0.05) is 62.4 Å². The molecule has 0 fully saturated rings. The summed E-state index contributed by atoms with van der Waals surface area (Å²) in [7, 11) is -3.77. The van der Waals surface area contributed by atoms with Crippen molar-refractivity contribution < 1.29 is 12.6 Å². The Morgan fingerprint density at radius 2 is 1.58 bits per heavy atom. The van der Waals surface area contributed by atoms with Crippen molar-refractivity contribution in [1.82, 2.24) is 5.32 Å². The zero-order valence-electron chi connectivity index (χ0n) is 13.8. The molecule has 3 rings (SSSR count). The van der Waals surface area contributed by atoms with Gasteiger partial charge in [0, 0.05) is 17.7 Å². The lowest BCUT2D eigenvalue weighted by atomic mass is 9.85. The Kier molecular flexibility index (Phi) is 4.47. The quantitative estimate of drug-likeness (QED) is 0.845. The van der Waals surface area contributed by atoms with Crippen LogP contribution in [0.4, 0.5) is 0 Å². The maximum Gasteiger partial charge on any atom is 0.297 e. The third-order valence-corrected chi connectivity index (χ3v) is 5.56. The zero-order chi connectivity index (χ0) is 17.2. The van der Waals surface area contributed by atoms with Crippen LogP contribution in [0.3, 0.4) is 0 Å². The van der Waals surface area contributed by atoms with Crippen molar-refractivity contribution >= 4 is 15.8 Å². The smallest absolute Gasteiger partial charge is 0.297 e. The van der Waals surface area contributed by atoms with Crippen LogP contribution >= 0.6 is 0 Å². The zero-order valence-corrected chi connectivity index (χ0v) is 14.6. The molecule has 4 nitrogen and oxygen atoms in total. The van der Waals surface area contributed by atoms with Gasteiger partial charge in [0.25, 0.3) is 10.1 Å². The fourth-order valence-electron chi connectivity index (χ4n) is 2.80. The Labute approximate surface area is 143 Å². The summed E-state index contributed by atoms with van der Waals surface area (Å²) >= 11 is 0. The standard InChI is InChI=1S/C19H21NO3S/c1-19(2)14-20-18(15-9-5-3-6-10-15)17(19)13-23-24(21,22)16-11-7-4-8-12-16/h3-12,20H,13-14H2,1-2H3. The highest BCUT2D eigenvalue weighted by atomic mass is 32.2. The molecule has 0 saturated heterocycles. The lowest BCUT2D eigenvalue weighted by Gasteiger charge is -2.21. The molecule has 24 heavy (non-hydrogen) atoms. The Balaban J connectivity index is 1.89. The molecular formula is C19H21NO3S. The third kappa shape index (κ3) is 3.37. The van der Waals surface area contributed by atoms with Crippen LogP contribution in [0.25, 0.3) is 5.70 Å². The number of nitrogens with one attached hydrogen (secondary N) is 1. The molecule has 1 N–H and O–H groups in total. The molecule has 0 spiro atoms.